The molecule has 0 N–H and O–H groups in total. The lowest BCUT2D eigenvalue weighted by Crippen LogP contribution is -2.31. The number of aryl methyl sites for hydroxylation is 2. The Kier molecular flexibility index (Phi) is 6.53. The van der Waals surface area contributed by atoms with Crippen LogP contribution in [0, 0.1) is 13.8 Å². The Bertz CT molecular complexity index is 1340. The lowest BCUT2D eigenvalue weighted by atomic mass is 10.1. The molecule has 0 unspecified atom stereocenters. The summed E-state index contributed by atoms with van der Waals surface area (Å²) < 4.78 is 37.1. The molecule has 0 saturated carbocycles. The van der Waals surface area contributed by atoms with E-state index in [-0.39, 0.29) is 29.5 Å². The Labute approximate surface area is 196 Å². The van der Waals surface area contributed by atoms with Gasteiger partial charge < -0.3 is 9.15 Å². The van der Waals surface area contributed by atoms with Crippen LogP contribution < -0.4 is 9.64 Å². The smallest absolute Gasteiger partial charge is 0.230 e. The van der Waals surface area contributed by atoms with Crippen LogP contribution in [0.2, 0.25) is 0 Å². The SMILES string of the molecule is COc1ccc(S(=O)(=O)CCC(=O)N(Cc2ccco2)c2nc3c(C)ccc(C)c3s2)cc1. The van der Waals surface area contributed by atoms with Crippen molar-refractivity contribution in [2.24, 2.45) is 0 Å². The number of anilines is 1. The summed E-state index contributed by atoms with van der Waals surface area (Å²) in [5, 5.41) is 0.519. The number of aromatic nitrogens is 1. The van der Waals surface area contributed by atoms with E-state index in [9.17, 15) is 13.2 Å². The molecule has 1 amide bonds. The monoisotopic (exact) mass is 484 g/mol. The number of rotatable bonds is 8. The maximum Gasteiger partial charge on any atom is 0.230 e. The normalized spacial score (nSPS) is 11.6. The standard InChI is InChI=1S/C24H24N2O5S2/c1-16-6-7-17(2)23-22(16)25-24(32-23)26(15-19-5-4-13-31-19)21(27)12-14-33(28,29)20-10-8-18(30-3)9-11-20/h4-11,13H,12,14-15H2,1-3H3. The number of hydrogen-bond donors (Lipinski definition) is 0. The fourth-order valence-electron chi connectivity index (χ4n) is 3.44. The summed E-state index contributed by atoms with van der Waals surface area (Å²) in [6.07, 6.45) is 1.36. The molecule has 2 aromatic carbocycles. The van der Waals surface area contributed by atoms with Gasteiger partial charge in [0.05, 0.1) is 40.8 Å². The minimum Gasteiger partial charge on any atom is -0.497 e. The van der Waals surface area contributed by atoms with Gasteiger partial charge in [0.25, 0.3) is 0 Å². The molecule has 2 heterocycles. The third kappa shape index (κ3) is 4.94. The van der Waals surface area contributed by atoms with Gasteiger partial charge in [-0.05, 0) is 61.4 Å². The number of nitrogens with zero attached hydrogens (tertiary/aromatic N) is 2. The van der Waals surface area contributed by atoms with Gasteiger partial charge in [0.2, 0.25) is 5.91 Å². The molecule has 7 nitrogen and oxygen atoms in total. The molecule has 2 aromatic heterocycles. The molecule has 0 radical (unpaired) electrons. The van der Waals surface area contributed by atoms with Crippen LogP contribution in [0.4, 0.5) is 5.13 Å². The second kappa shape index (κ2) is 9.36. The number of benzene rings is 2. The van der Waals surface area contributed by atoms with Crippen LogP contribution in [-0.2, 0) is 21.2 Å². The number of fused-ring (bicyclic) bond motifs is 1. The number of carbonyl (C=O) groups is 1. The summed E-state index contributed by atoms with van der Waals surface area (Å²) in [6, 6.07) is 13.7. The highest BCUT2D eigenvalue weighted by Crippen LogP contribution is 2.34. The largest absolute Gasteiger partial charge is 0.497 e. The van der Waals surface area contributed by atoms with Crippen LogP contribution in [0.5, 0.6) is 5.75 Å². The van der Waals surface area contributed by atoms with Crippen LogP contribution in [0.25, 0.3) is 10.2 Å². The molecular weight excluding hydrogens is 460 g/mol. The predicted molar refractivity (Wildman–Crippen MR) is 129 cm³/mol. The second-order valence-electron chi connectivity index (χ2n) is 7.68. The van der Waals surface area contributed by atoms with Gasteiger partial charge in [0.1, 0.15) is 11.5 Å². The minimum absolute atomic E-state index is 0.153. The van der Waals surface area contributed by atoms with E-state index in [0.29, 0.717) is 16.6 Å². The summed E-state index contributed by atoms with van der Waals surface area (Å²) >= 11 is 1.42. The highest BCUT2D eigenvalue weighted by molar-refractivity contribution is 7.91. The number of sulfone groups is 1. The number of carbonyl (C=O) groups excluding carboxylic acids is 1. The Hall–Kier alpha value is -3.17. The number of ether oxygens (including phenoxy) is 1. The van der Waals surface area contributed by atoms with Crippen molar-refractivity contribution in [3.63, 3.8) is 0 Å². The molecule has 0 aliphatic carbocycles. The van der Waals surface area contributed by atoms with Crippen LogP contribution >= 0.6 is 11.3 Å². The third-order valence-electron chi connectivity index (χ3n) is 5.36. The van der Waals surface area contributed by atoms with E-state index in [1.165, 1.54) is 35.5 Å². The molecule has 4 rings (SSSR count). The van der Waals surface area contributed by atoms with E-state index < -0.39 is 9.84 Å². The zero-order chi connectivity index (χ0) is 23.6. The van der Waals surface area contributed by atoms with Crippen molar-refractivity contribution in [3.05, 3.63) is 71.7 Å². The third-order valence-corrected chi connectivity index (χ3v) is 8.31. The Morgan fingerprint density at radius 2 is 1.82 bits per heavy atom. The van der Waals surface area contributed by atoms with E-state index in [4.69, 9.17) is 14.1 Å². The first-order chi connectivity index (χ1) is 15.8. The molecule has 0 spiro atoms. The number of thiazole rings is 1. The van der Waals surface area contributed by atoms with Crippen molar-refractivity contribution >= 4 is 42.4 Å². The summed E-state index contributed by atoms with van der Waals surface area (Å²) in [5.74, 6) is 0.512. The highest BCUT2D eigenvalue weighted by atomic mass is 32.2. The van der Waals surface area contributed by atoms with E-state index in [1.807, 2.05) is 26.0 Å². The van der Waals surface area contributed by atoms with Gasteiger partial charge in [0.15, 0.2) is 15.0 Å². The average Bonchev–Trinajstić information content (AvgIpc) is 3.49. The molecule has 0 bridgehead atoms. The fourth-order valence-corrected chi connectivity index (χ4v) is 5.80. The Morgan fingerprint density at radius 3 is 2.45 bits per heavy atom. The Morgan fingerprint density at radius 1 is 1.09 bits per heavy atom. The van der Waals surface area contributed by atoms with Crippen LogP contribution in [0.1, 0.15) is 23.3 Å². The van der Waals surface area contributed by atoms with E-state index in [1.54, 1.807) is 30.5 Å². The van der Waals surface area contributed by atoms with Gasteiger partial charge in [-0.3, -0.25) is 9.69 Å². The van der Waals surface area contributed by atoms with Crippen LogP contribution in [-0.4, -0.2) is 32.2 Å². The van der Waals surface area contributed by atoms with E-state index >= 15 is 0 Å². The molecule has 4 aromatic rings. The highest BCUT2D eigenvalue weighted by Gasteiger charge is 2.25. The number of hydrogen-bond acceptors (Lipinski definition) is 7. The molecule has 0 atom stereocenters. The summed E-state index contributed by atoms with van der Waals surface area (Å²) in [5.41, 5.74) is 2.94. The lowest BCUT2D eigenvalue weighted by molar-refractivity contribution is -0.118. The second-order valence-corrected chi connectivity index (χ2v) is 10.8. The first-order valence-corrected chi connectivity index (χ1v) is 12.8. The fraction of sp³-hybridized carbons (Fsp3) is 0.250. The molecule has 0 saturated heterocycles. The zero-order valence-electron chi connectivity index (χ0n) is 18.6. The van der Waals surface area contributed by atoms with Gasteiger partial charge >= 0.3 is 0 Å². The topological polar surface area (TPSA) is 89.7 Å². The van der Waals surface area contributed by atoms with Crippen molar-refractivity contribution in [1.29, 1.82) is 0 Å². The van der Waals surface area contributed by atoms with Crippen molar-refractivity contribution < 1.29 is 22.4 Å². The summed E-state index contributed by atoms with van der Waals surface area (Å²) in [7, 11) is -2.12. The van der Waals surface area contributed by atoms with Gasteiger partial charge in [-0.15, -0.1) is 0 Å². The number of methoxy groups -OCH3 is 1. The summed E-state index contributed by atoms with van der Waals surface area (Å²) in [6.45, 7) is 4.15. The van der Waals surface area contributed by atoms with Gasteiger partial charge in [-0.2, -0.15) is 0 Å². The first kappa shape index (κ1) is 23.0. The molecule has 33 heavy (non-hydrogen) atoms. The van der Waals surface area contributed by atoms with Crippen LogP contribution in [0.15, 0.2) is 64.1 Å². The van der Waals surface area contributed by atoms with Crippen molar-refractivity contribution in [2.75, 3.05) is 17.8 Å². The van der Waals surface area contributed by atoms with E-state index in [0.717, 1.165) is 21.3 Å². The van der Waals surface area contributed by atoms with Gasteiger partial charge in [-0.25, -0.2) is 13.4 Å². The molecular formula is C24H24N2O5S2. The van der Waals surface area contributed by atoms with E-state index in [2.05, 4.69) is 0 Å². The van der Waals surface area contributed by atoms with Crippen LogP contribution in [0.3, 0.4) is 0 Å². The zero-order valence-corrected chi connectivity index (χ0v) is 20.2. The first-order valence-electron chi connectivity index (χ1n) is 10.3. The summed E-state index contributed by atoms with van der Waals surface area (Å²) in [4.78, 5) is 19.6. The molecule has 0 aliphatic heterocycles. The van der Waals surface area contributed by atoms with Crippen molar-refractivity contribution in [3.8, 4) is 5.75 Å². The van der Waals surface area contributed by atoms with Crippen molar-refractivity contribution in [1.82, 2.24) is 4.98 Å². The Balaban J connectivity index is 1.60. The maximum absolute atomic E-state index is 13.3. The predicted octanol–water partition coefficient (Wildman–Crippen LogP) is 4.91. The number of furan rings is 1. The number of amides is 1. The van der Waals surface area contributed by atoms with Crippen molar-refractivity contribution in [2.45, 2.75) is 31.7 Å². The van der Waals surface area contributed by atoms with Gasteiger partial charge in [0, 0.05) is 6.42 Å². The average molecular weight is 485 g/mol. The minimum atomic E-state index is -3.64. The molecule has 172 valence electrons. The quantitative estimate of drug-likeness (QED) is 0.353. The molecule has 0 aliphatic rings. The van der Waals surface area contributed by atoms with Gasteiger partial charge in [-0.1, -0.05) is 23.5 Å². The lowest BCUT2D eigenvalue weighted by Gasteiger charge is -2.18. The molecule has 9 heteroatoms. The maximum atomic E-state index is 13.3. The molecule has 0 fully saturated rings.